The van der Waals surface area contributed by atoms with Crippen molar-refractivity contribution in [1.29, 1.82) is 0 Å². The first-order valence-corrected chi connectivity index (χ1v) is 17.6. The number of nitrogens with zero attached hydrogens (tertiary/aromatic N) is 1. The second kappa shape index (κ2) is 20.4. The third-order valence-corrected chi connectivity index (χ3v) is 8.95. The Morgan fingerprint density at radius 1 is 0.808 bits per heavy atom. The molecule has 1 aliphatic rings. The third-order valence-electron chi connectivity index (χ3n) is 8.95. The number of phenols is 2. The molecule has 0 spiro atoms. The van der Waals surface area contributed by atoms with Crippen LogP contribution in [-0.2, 0) is 36.8 Å². The van der Waals surface area contributed by atoms with Gasteiger partial charge in [-0.3, -0.25) is 29.3 Å². The van der Waals surface area contributed by atoms with Crippen molar-refractivity contribution in [3.63, 3.8) is 0 Å². The molecule has 0 radical (unpaired) electrons. The Kier molecular flexibility index (Phi) is 16.4. The van der Waals surface area contributed by atoms with Gasteiger partial charge in [-0.25, -0.2) is 0 Å². The van der Waals surface area contributed by atoms with Crippen molar-refractivity contribution in [2.24, 2.45) is 34.4 Å². The number of rotatable bonds is 15. The first-order valence-electron chi connectivity index (χ1n) is 17.6. The quantitative estimate of drug-likeness (QED) is 0.0906. The van der Waals surface area contributed by atoms with Crippen molar-refractivity contribution < 1.29 is 34.2 Å². The monoisotopic (exact) mass is 726 g/mol. The molecule has 17 nitrogen and oxygen atoms in total. The highest BCUT2D eigenvalue weighted by Gasteiger charge is 2.35. The first kappa shape index (κ1) is 41.8. The van der Waals surface area contributed by atoms with Gasteiger partial charge in [0, 0.05) is 25.9 Å². The molecule has 1 heterocycles. The Hall–Kier alpha value is -4.65. The molecule has 0 unspecified atom stereocenters. The zero-order chi connectivity index (χ0) is 38.4. The summed E-state index contributed by atoms with van der Waals surface area (Å²) in [5.74, 6) is -4.03. The summed E-state index contributed by atoms with van der Waals surface area (Å²) in [6, 6.07) is 3.50. The zero-order valence-corrected chi connectivity index (χ0v) is 29.4. The van der Waals surface area contributed by atoms with Crippen LogP contribution in [0, 0.1) is 0 Å². The lowest BCUT2D eigenvalue weighted by Crippen LogP contribution is -2.60. The van der Waals surface area contributed by atoms with E-state index in [9.17, 15) is 34.2 Å². The topological polar surface area (TPSA) is 321 Å². The highest BCUT2D eigenvalue weighted by atomic mass is 16.3. The van der Waals surface area contributed by atoms with E-state index >= 15 is 0 Å². The number of aromatic hydroxyl groups is 2. The van der Waals surface area contributed by atoms with Crippen LogP contribution in [0.25, 0.3) is 11.1 Å². The number of nitrogens with one attached hydrogen (secondary N) is 3. The number of carbonyl (C=O) groups excluding carboxylic acids is 5. The van der Waals surface area contributed by atoms with Crippen LogP contribution >= 0.6 is 0 Å². The summed E-state index contributed by atoms with van der Waals surface area (Å²) in [5, 5.41) is 29.0. The van der Waals surface area contributed by atoms with E-state index in [4.69, 9.17) is 34.4 Å². The molecule has 5 atom stereocenters. The Labute approximate surface area is 303 Å². The van der Waals surface area contributed by atoms with Gasteiger partial charge in [0.05, 0.1) is 12.1 Å². The molecule has 0 aliphatic carbocycles. The Balaban J connectivity index is 2.05. The van der Waals surface area contributed by atoms with E-state index in [1.54, 1.807) is 24.3 Å². The van der Waals surface area contributed by atoms with Crippen molar-refractivity contribution in [2.45, 2.75) is 81.6 Å². The van der Waals surface area contributed by atoms with E-state index in [0.717, 1.165) is 0 Å². The smallest absolute Gasteiger partial charge is 0.249 e. The van der Waals surface area contributed by atoms with Crippen LogP contribution in [0.15, 0.2) is 36.4 Å². The molecular weight excluding hydrogens is 672 g/mol. The summed E-state index contributed by atoms with van der Waals surface area (Å²) in [6.07, 6.45) is 1.25. The molecule has 52 heavy (non-hydrogen) atoms. The highest BCUT2D eigenvalue weighted by Crippen LogP contribution is 2.31. The van der Waals surface area contributed by atoms with Gasteiger partial charge >= 0.3 is 0 Å². The Morgan fingerprint density at radius 3 is 1.96 bits per heavy atom. The van der Waals surface area contributed by atoms with Gasteiger partial charge in [0.15, 0.2) is 0 Å². The van der Waals surface area contributed by atoms with E-state index in [1.165, 1.54) is 17.0 Å². The molecule has 17 heteroatoms. The summed E-state index contributed by atoms with van der Waals surface area (Å²) in [6.45, 7) is 0.679. The molecule has 3 rings (SSSR count). The number of benzene rings is 2. The molecule has 0 fully saturated rings. The molecule has 4 bridgehead atoms. The lowest BCUT2D eigenvalue weighted by molar-refractivity contribution is -0.144. The van der Waals surface area contributed by atoms with Gasteiger partial charge in [0.25, 0.3) is 0 Å². The van der Waals surface area contributed by atoms with E-state index in [2.05, 4.69) is 16.0 Å². The van der Waals surface area contributed by atoms with Gasteiger partial charge in [-0.05, 0) is 105 Å². The first-order chi connectivity index (χ1) is 24.8. The molecule has 286 valence electrons. The van der Waals surface area contributed by atoms with Crippen LogP contribution in [0.1, 0.15) is 49.7 Å². The van der Waals surface area contributed by atoms with E-state index in [0.29, 0.717) is 42.5 Å². The summed E-state index contributed by atoms with van der Waals surface area (Å²) < 4.78 is 0. The number of fused-ring (bicyclic) bond motifs is 5. The van der Waals surface area contributed by atoms with Crippen LogP contribution in [-0.4, -0.2) is 108 Å². The number of hydrogen-bond acceptors (Lipinski definition) is 13. The van der Waals surface area contributed by atoms with Crippen molar-refractivity contribution in [3.8, 4) is 22.6 Å². The molecular formula is C35H54N10O7. The van der Waals surface area contributed by atoms with E-state index in [1.807, 2.05) is 0 Å². The SMILES string of the molecule is NCCC[C@@H]1NC(=O)[C@@H](N)Cc2cc(ccc2O)-c2ccc(O)c(c2)C[C@@H](C(=O)NC(=O)[C@H](CCCN)N(CCN)C(=O)[C@@H](N)CCCN)NC1=O. The predicted molar refractivity (Wildman–Crippen MR) is 195 cm³/mol. The van der Waals surface area contributed by atoms with Crippen molar-refractivity contribution in [3.05, 3.63) is 47.5 Å². The number of imide groups is 1. The summed E-state index contributed by atoms with van der Waals surface area (Å²) in [5.41, 5.74) is 37.1. The summed E-state index contributed by atoms with van der Waals surface area (Å²) >= 11 is 0. The van der Waals surface area contributed by atoms with Crippen molar-refractivity contribution in [2.75, 3.05) is 32.7 Å². The van der Waals surface area contributed by atoms with E-state index < -0.39 is 59.7 Å². The van der Waals surface area contributed by atoms with Crippen LogP contribution in [0.2, 0.25) is 0 Å². The van der Waals surface area contributed by atoms with Gasteiger partial charge in [0.1, 0.15) is 29.6 Å². The molecule has 17 N–H and O–H groups in total. The van der Waals surface area contributed by atoms with Crippen LogP contribution in [0.4, 0.5) is 0 Å². The number of carbonyl (C=O) groups is 5. The van der Waals surface area contributed by atoms with Gasteiger partial charge in [-0.2, -0.15) is 0 Å². The van der Waals surface area contributed by atoms with Gasteiger partial charge < -0.3 is 60.1 Å². The maximum atomic E-state index is 14.0. The maximum Gasteiger partial charge on any atom is 0.249 e. The minimum atomic E-state index is -1.45. The largest absolute Gasteiger partial charge is 0.508 e. The Bertz CT molecular complexity index is 1560. The molecule has 2 aromatic rings. The molecule has 0 aromatic heterocycles. The predicted octanol–water partition coefficient (Wildman–Crippen LogP) is -2.50. The molecule has 5 amide bonds. The Morgan fingerprint density at radius 2 is 1.38 bits per heavy atom. The third kappa shape index (κ3) is 11.4. The number of phenolic OH excluding ortho intramolecular Hbond substituents is 2. The molecule has 0 saturated heterocycles. The standard InChI is InChI=1S/C35H54N10O7/c36-11-1-4-24(40)35(52)45(15-14-39)28(6-3-13-38)34(51)44-33(50)27-19-23-17-21(8-10-30(23)47)20-7-9-29(46)22(16-20)18-25(41)31(48)42-26(5-2-12-37)32(49)43-27/h7-10,16-17,24-28,46-47H,1-6,11-15,18-19,36-41H2,(H,42,48)(H,43,49)(H,44,50,51)/t24-,25-,26-,27-,28-/m0/s1. The van der Waals surface area contributed by atoms with E-state index in [-0.39, 0.29) is 75.3 Å². The number of hydrogen-bond donors (Lipinski definition) is 11. The average Bonchev–Trinajstić information content (AvgIpc) is 3.12. The van der Waals surface area contributed by atoms with Gasteiger partial charge in [-0.15, -0.1) is 0 Å². The second-order valence-electron chi connectivity index (χ2n) is 12.9. The minimum absolute atomic E-state index is 0.00604. The minimum Gasteiger partial charge on any atom is -0.508 e. The van der Waals surface area contributed by atoms with Crippen molar-refractivity contribution >= 4 is 29.5 Å². The fraction of sp³-hybridized carbons (Fsp3) is 0.514. The molecule has 1 aliphatic heterocycles. The lowest BCUT2D eigenvalue weighted by Gasteiger charge is -2.33. The summed E-state index contributed by atoms with van der Waals surface area (Å²) in [7, 11) is 0. The number of nitrogens with two attached hydrogens (primary N) is 6. The normalized spacial score (nSPS) is 18.9. The van der Waals surface area contributed by atoms with Crippen LogP contribution in [0.3, 0.4) is 0 Å². The fourth-order valence-corrected chi connectivity index (χ4v) is 6.02. The maximum absolute atomic E-state index is 14.0. The van der Waals surface area contributed by atoms with Crippen LogP contribution < -0.4 is 50.4 Å². The highest BCUT2D eigenvalue weighted by molar-refractivity contribution is 6.03. The van der Waals surface area contributed by atoms with Gasteiger partial charge in [0.2, 0.25) is 29.5 Å². The molecule has 2 aromatic carbocycles. The zero-order valence-electron chi connectivity index (χ0n) is 29.4. The van der Waals surface area contributed by atoms with Crippen molar-refractivity contribution in [1.82, 2.24) is 20.9 Å². The lowest BCUT2D eigenvalue weighted by atomic mass is 9.95. The second-order valence-corrected chi connectivity index (χ2v) is 12.9. The molecule has 0 saturated carbocycles. The summed E-state index contributed by atoms with van der Waals surface area (Å²) in [4.78, 5) is 69.5. The van der Waals surface area contributed by atoms with Gasteiger partial charge in [-0.1, -0.05) is 12.1 Å². The average molecular weight is 727 g/mol. The van der Waals surface area contributed by atoms with Crippen LogP contribution in [0.5, 0.6) is 11.5 Å². The fourth-order valence-electron chi connectivity index (χ4n) is 6.02. The number of amides is 5.